The maximum Gasteiger partial charge on any atom is 0.266 e. The Morgan fingerprint density at radius 1 is 1.09 bits per heavy atom. The molecule has 1 heterocycles. The lowest BCUT2D eigenvalue weighted by Gasteiger charge is -2.16. The molecule has 23 heavy (non-hydrogen) atoms. The van der Waals surface area contributed by atoms with Gasteiger partial charge in [-0.2, -0.15) is 0 Å². The van der Waals surface area contributed by atoms with Gasteiger partial charge in [0.15, 0.2) is 5.16 Å². The number of hydrogen-bond donors (Lipinski definition) is 0. The van der Waals surface area contributed by atoms with E-state index in [1.165, 1.54) is 0 Å². The van der Waals surface area contributed by atoms with Crippen LogP contribution in [0.2, 0.25) is 0 Å². The Bertz CT molecular complexity index is 890. The minimum atomic E-state index is -0.0706. The van der Waals surface area contributed by atoms with Crippen LogP contribution in [-0.4, -0.2) is 21.9 Å². The predicted octanol–water partition coefficient (Wildman–Crippen LogP) is 3.90. The second-order valence-corrected chi connectivity index (χ2v) is 6.12. The summed E-state index contributed by atoms with van der Waals surface area (Å²) >= 11 is 1.55. The van der Waals surface area contributed by atoms with E-state index in [4.69, 9.17) is 4.74 Å². The number of nitrogens with zero attached hydrogens (tertiary/aromatic N) is 2. The molecule has 0 bridgehead atoms. The number of aromatic nitrogens is 2. The van der Waals surface area contributed by atoms with E-state index in [0.29, 0.717) is 22.9 Å². The van der Waals surface area contributed by atoms with Crippen molar-refractivity contribution in [3.05, 3.63) is 58.9 Å². The van der Waals surface area contributed by atoms with E-state index >= 15 is 0 Å². The van der Waals surface area contributed by atoms with E-state index in [2.05, 4.69) is 4.98 Å². The highest BCUT2D eigenvalue weighted by atomic mass is 32.2. The van der Waals surface area contributed by atoms with Crippen LogP contribution in [0.25, 0.3) is 16.6 Å². The second-order valence-electron chi connectivity index (χ2n) is 4.89. The molecular weight excluding hydrogens is 308 g/mol. The van der Waals surface area contributed by atoms with Crippen molar-refractivity contribution in [3.8, 4) is 11.4 Å². The smallest absolute Gasteiger partial charge is 0.266 e. The summed E-state index contributed by atoms with van der Waals surface area (Å²) in [6.07, 6.45) is 0. The topological polar surface area (TPSA) is 44.1 Å². The molecule has 4 nitrogen and oxygen atoms in total. The van der Waals surface area contributed by atoms with Crippen LogP contribution in [0, 0.1) is 0 Å². The number of ether oxygens (including phenoxy) is 1. The van der Waals surface area contributed by atoms with Gasteiger partial charge in [0.05, 0.1) is 23.2 Å². The quantitative estimate of drug-likeness (QED) is 0.527. The predicted molar refractivity (Wildman–Crippen MR) is 94.9 cm³/mol. The fourth-order valence-corrected chi connectivity index (χ4v) is 3.20. The largest absolute Gasteiger partial charge is 0.492 e. The van der Waals surface area contributed by atoms with Crippen molar-refractivity contribution < 1.29 is 4.74 Å². The van der Waals surface area contributed by atoms with Gasteiger partial charge in [0.1, 0.15) is 5.75 Å². The van der Waals surface area contributed by atoms with Gasteiger partial charge in [-0.1, -0.05) is 43.0 Å². The molecular formula is C18H18N2O2S. The number of rotatable bonds is 5. The number of fused-ring (bicyclic) bond motifs is 1. The molecule has 0 spiro atoms. The molecule has 0 N–H and O–H groups in total. The summed E-state index contributed by atoms with van der Waals surface area (Å²) in [7, 11) is 0. The Morgan fingerprint density at radius 2 is 1.83 bits per heavy atom. The number of benzene rings is 2. The molecule has 0 aliphatic carbocycles. The molecule has 0 aliphatic heterocycles. The van der Waals surface area contributed by atoms with Gasteiger partial charge in [-0.3, -0.25) is 9.36 Å². The van der Waals surface area contributed by atoms with Gasteiger partial charge in [-0.25, -0.2) is 4.98 Å². The summed E-state index contributed by atoms with van der Waals surface area (Å²) in [4.78, 5) is 17.7. The van der Waals surface area contributed by atoms with Gasteiger partial charge in [-0.05, 0) is 36.9 Å². The van der Waals surface area contributed by atoms with Gasteiger partial charge in [-0.15, -0.1) is 0 Å². The average molecular weight is 326 g/mol. The fourth-order valence-electron chi connectivity index (χ4n) is 2.47. The van der Waals surface area contributed by atoms with Gasteiger partial charge in [0.25, 0.3) is 5.56 Å². The highest BCUT2D eigenvalue weighted by molar-refractivity contribution is 7.99. The molecule has 0 amide bonds. The van der Waals surface area contributed by atoms with Gasteiger partial charge in [0, 0.05) is 0 Å². The molecule has 0 unspecified atom stereocenters. The third kappa shape index (κ3) is 2.97. The highest BCUT2D eigenvalue weighted by Gasteiger charge is 2.15. The highest BCUT2D eigenvalue weighted by Crippen LogP contribution is 2.27. The maximum absolute atomic E-state index is 13.0. The first kappa shape index (κ1) is 15.6. The average Bonchev–Trinajstić information content (AvgIpc) is 2.57. The summed E-state index contributed by atoms with van der Waals surface area (Å²) in [6.45, 7) is 4.52. The van der Waals surface area contributed by atoms with E-state index < -0.39 is 0 Å². The Hall–Kier alpha value is -2.27. The zero-order valence-electron chi connectivity index (χ0n) is 13.2. The third-order valence-corrected chi connectivity index (χ3v) is 4.25. The maximum atomic E-state index is 13.0. The molecule has 0 radical (unpaired) electrons. The van der Waals surface area contributed by atoms with Gasteiger partial charge in [0.2, 0.25) is 0 Å². The Labute approximate surface area is 139 Å². The first-order valence-corrected chi connectivity index (χ1v) is 8.61. The molecule has 118 valence electrons. The Balaban J connectivity index is 2.34. The van der Waals surface area contributed by atoms with E-state index in [9.17, 15) is 4.79 Å². The van der Waals surface area contributed by atoms with Crippen molar-refractivity contribution in [1.82, 2.24) is 9.55 Å². The van der Waals surface area contributed by atoms with Crippen molar-refractivity contribution in [3.63, 3.8) is 0 Å². The standard InChI is InChI=1S/C18H18N2O2S/c1-3-22-16-12-8-7-11-15(16)20-17(21)13-9-5-6-10-14(13)19-18(20)23-4-2/h5-12H,3-4H2,1-2H3. The summed E-state index contributed by atoms with van der Waals surface area (Å²) < 4.78 is 7.35. The van der Waals surface area contributed by atoms with Crippen molar-refractivity contribution in [2.75, 3.05) is 12.4 Å². The van der Waals surface area contributed by atoms with E-state index in [1.54, 1.807) is 16.3 Å². The zero-order valence-corrected chi connectivity index (χ0v) is 14.0. The van der Waals surface area contributed by atoms with Gasteiger partial charge < -0.3 is 4.74 Å². The Kier molecular flexibility index (Phi) is 4.67. The molecule has 3 aromatic rings. The monoisotopic (exact) mass is 326 g/mol. The van der Waals surface area contributed by atoms with E-state index in [1.807, 2.05) is 62.4 Å². The van der Waals surface area contributed by atoms with E-state index in [-0.39, 0.29) is 5.56 Å². The molecule has 0 aliphatic rings. The first-order chi connectivity index (χ1) is 11.3. The number of hydrogen-bond acceptors (Lipinski definition) is 4. The zero-order chi connectivity index (χ0) is 16.2. The molecule has 0 saturated heterocycles. The van der Waals surface area contributed by atoms with Crippen LogP contribution >= 0.6 is 11.8 Å². The lowest BCUT2D eigenvalue weighted by Crippen LogP contribution is -2.22. The molecule has 0 saturated carbocycles. The molecule has 3 rings (SSSR count). The van der Waals surface area contributed by atoms with Gasteiger partial charge >= 0.3 is 0 Å². The van der Waals surface area contributed by atoms with Crippen molar-refractivity contribution in [2.45, 2.75) is 19.0 Å². The first-order valence-electron chi connectivity index (χ1n) is 7.63. The van der Waals surface area contributed by atoms with Crippen LogP contribution in [0.3, 0.4) is 0 Å². The molecule has 1 aromatic heterocycles. The van der Waals surface area contributed by atoms with Crippen LogP contribution in [0.4, 0.5) is 0 Å². The minimum absolute atomic E-state index is 0.0706. The van der Waals surface area contributed by atoms with Crippen LogP contribution in [0.5, 0.6) is 5.75 Å². The number of para-hydroxylation sites is 3. The van der Waals surface area contributed by atoms with Crippen LogP contribution in [-0.2, 0) is 0 Å². The van der Waals surface area contributed by atoms with Crippen molar-refractivity contribution in [2.24, 2.45) is 0 Å². The minimum Gasteiger partial charge on any atom is -0.492 e. The van der Waals surface area contributed by atoms with Crippen LogP contribution < -0.4 is 10.3 Å². The van der Waals surface area contributed by atoms with Crippen molar-refractivity contribution >= 4 is 22.7 Å². The SMILES string of the molecule is CCOc1ccccc1-n1c(SCC)nc2ccccc2c1=O. The second kappa shape index (κ2) is 6.87. The molecule has 5 heteroatoms. The Morgan fingerprint density at radius 3 is 2.61 bits per heavy atom. The fraction of sp³-hybridized carbons (Fsp3) is 0.222. The normalized spacial score (nSPS) is 10.9. The molecule has 0 fully saturated rings. The van der Waals surface area contributed by atoms with Crippen LogP contribution in [0.15, 0.2) is 58.5 Å². The summed E-state index contributed by atoms with van der Waals surface area (Å²) in [5, 5.41) is 1.29. The lowest BCUT2D eigenvalue weighted by molar-refractivity contribution is 0.338. The van der Waals surface area contributed by atoms with E-state index in [0.717, 1.165) is 17.0 Å². The molecule has 0 atom stereocenters. The van der Waals surface area contributed by atoms with Crippen LogP contribution in [0.1, 0.15) is 13.8 Å². The molecule has 2 aromatic carbocycles. The third-order valence-electron chi connectivity index (χ3n) is 3.42. The van der Waals surface area contributed by atoms with Crippen molar-refractivity contribution in [1.29, 1.82) is 0 Å². The summed E-state index contributed by atoms with van der Waals surface area (Å²) in [6, 6.07) is 15.0. The summed E-state index contributed by atoms with van der Waals surface area (Å²) in [5.74, 6) is 1.52. The summed E-state index contributed by atoms with van der Waals surface area (Å²) in [5.41, 5.74) is 1.38. The lowest BCUT2D eigenvalue weighted by atomic mass is 10.2. The number of thioether (sulfide) groups is 1.